The Morgan fingerprint density at radius 1 is 1.23 bits per heavy atom. The topological polar surface area (TPSA) is 76.7 Å². The predicted octanol–water partition coefficient (Wildman–Crippen LogP) is 1.35. The maximum Gasteiger partial charge on any atom is 0.242 e. The number of nitrogens with one attached hydrogen (secondary N) is 2. The summed E-state index contributed by atoms with van der Waals surface area (Å²) >= 11 is 0. The standard InChI is InChI=1S/C16H24N2O4/c1-11(2)15(18-12(3)19)16(20)17-8-9-22-14-7-5-6-13(10-14)21-4/h5-7,10-11,15H,8-9H2,1-4H3,(H,17,20)(H,18,19). The molecule has 1 aromatic rings. The molecule has 1 rings (SSSR count). The van der Waals surface area contributed by atoms with Gasteiger partial charge in [-0.25, -0.2) is 0 Å². The lowest BCUT2D eigenvalue weighted by atomic mass is 10.0. The van der Waals surface area contributed by atoms with E-state index in [1.807, 2.05) is 32.0 Å². The Morgan fingerprint density at radius 3 is 2.50 bits per heavy atom. The molecule has 122 valence electrons. The Labute approximate surface area is 131 Å². The fourth-order valence-electron chi connectivity index (χ4n) is 1.90. The van der Waals surface area contributed by atoms with Crippen molar-refractivity contribution in [3.63, 3.8) is 0 Å². The second-order valence-corrected chi connectivity index (χ2v) is 5.24. The zero-order chi connectivity index (χ0) is 16.5. The van der Waals surface area contributed by atoms with Gasteiger partial charge in [-0.15, -0.1) is 0 Å². The van der Waals surface area contributed by atoms with Crippen LogP contribution in [0.2, 0.25) is 0 Å². The first-order chi connectivity index (χ1) is 10.4. The van der Waals surface area contributed by atoms with Crippen LogP contribution in [0.5, 0.6) is 11.5 Å². The Balaban J connectivity index is 2.39. The van der Waals surface area contributed by atoms with Gasteiger partial charge in [0, 0.05) is 13.0 Å². The molecule has 1 unspecified atom stereocenters. The number of benzene rings is 1. The van der Waals surface area contributed by atoms with Crippen molar-refractivity contribution in [2.45, 2.75) is 26.8 Å². The van der Waals surface area contributed by atoms with E-state index >= 15 is 0 Å². The van der Waals surface area contributed by atoms with E-state index in [9.17, 15) is 9.59 Å². The van der Waals surface area contributed by atoms with Gasteiger partial charge in [0.25, 0.3) is 0 Å². The van der Waals surface area contributed by atoms with Gasteiger partial charge < -0.3 is 20.1 Å². The molecular formula is C16H24N2O4. The summed E-state index contributed by atoms with van der Waals surface area (Å²) in [6, 6.07) is 6.72. The maximum absolute atomic E-state index is 12.0. The third-order valence-corrected chi connectivity index (χ3v) is 3.02. The lowest BCUT2D eigenvalue weighted by molar-refractivity contribution is -0.129. The number of methoxy groups -OCH3 is 1. The molecule has 0 aliphatic rings. The van der Waals surface area contributed by atoms with Crippen LogP contribution in [0.4, 0.5) is 0 Å². The van der Waals surface area contributed by atoms with E-state index in [0.717, 1.165) is 0 Å². The third kappa shape index (κ3) is 6.03. The Bertz CT molecular complexity index is 503. The molecule has 0 aliphatic heterocycles. The molecule has 0 aromatic heterocycles. The van der Waals surface area contributed by atoms with Crippen LogP contribution in [0.25, 0.3) is 0 Å². The molecule has 1 aromatic carbocycles. The summed E-state index contributed by atoms with van der Waals surface area (Å²) in [6.45, 7) is 5.86. The molecule has 0 saturated carbocycles. The van der Waals surface area contributed by atoms with Crippen molar-refractivity contribution < 1.29 is 19.1 Å². The first-order valence-corrected chi connectivity index (χ1v) is 7.25. The van der Waals surface area contributed by atoms with Gasteiger partial charge in [-0.3, -0.25) is 9.59 Å². The van der Waals surface area contributed by atoms with E-state index in [2.05, 4.69) is 10.6 Å². The minimum atomic E-state index is -0.533. The van der Waals surface area contributed by atoms with E-state index < -0.39 is 6.04 Å². The Morgan fingerprint density at radius 2 is 1.91 bits per heavy atom. The number of carbonyl (C=O) groups excluding carboxylic acids is 2. The minimum absolute atomic E-state index is 0.0169. The maximum atomic E-state index is 12.0. The molecule has 0 bridgehead atoms. The van der Waals surface area contributed by atoms with Crippen molar-refractivity contribution in [2.75, 3.05) is 20.3 Å². The summed E-state index contributed by atoms with van der Waals surface area (Å²) in [7, 11) is 1.59. The van der Waals surface area contributed by atoms with Crippen LogP contribution in [0.15, 0.2) is 24.3 Å². The van der Waals surface area contributed by atoms with Crippen molar-refractivity contribution in [3.05, 3.63) is 24.3 Å². The number of hydrogen-bond donors (Lipinski definition) is 2. The van der Waals surface area contributed by atoms with E-state index in [1.165, 1.54) is 6.92 Å². The lowest BCUT2D eigenvalue weighted by Gasteiger charge is -2.20. The summed E-state index contributed by atoms with van der Waals surface area (Å²) in [5, 5.41) is 5.40. The number of rotatable bonds is 8. The van der Waals surface area contributed by atoms with E-state index in [4.69, 9.17) is 9.47 Å². The molecule has 2 amide bonds. The average Bonchev–Trinajstić information content (AvgIpc) is 2.48. The van der Waals surface area contributed by atoms with Crippen LogP contribution >= 0.6 is 0 Å². The molecular weight excluding hydrogens is 284 g/mol. The number of carbonyl (C=O) groups is 2. The smallest absolute Gasteiger partial charge is 0.242 e. The number of amides is 2. The highest BCUT2D eigenvalue weighted by Crippen LogP contribution is 2.18. The van der Waals surface area contributed by atoms with Gasteiger partial charge in [0.15, 0.2) is 0 Å². The highest BCUT2D eigenvalue weighted by molar-refractivity contribution is 5.86. The number of hydrogen-bond acceptors (Lipinski definition) is 4. The molecule has 0 spiro atoms. The van der Waals surface area contributed by atoms with Crippen LogP contribution in [-0.4, -0.2) is 38.1 Å². The summed E-state index contributed by atoms with van der Waals surface area (Å²) in [6.07, 6.45) is 0. The highest BCUT2D eigenvalue weighted by atomic mass is 16.5. The predicted molar refractivity (Wildman–Crippen MR) is 83.9 cm³/mol. The van der Waals surface area contributed by atoms with Crippen molar-refractivity contribution in [2.24, 2.45) is 5.92 Å². The lowest BCUT2D eigenvalue weighted by Crippen LogP contribution is -2.49. The van der Waals surface area contributed by atoms with Crippen molar-refractivity contribution in [1.29, 1.82) is 0 Å². The normalized spacial score (nSPS) is 11.7. The van der Waals surface area contributed by atoms with E-state index in [0.29, 0.717) is 24.7 Å². The van der Waals surface area contributed by atoms with Crippen LogP contribution in [0, 0.1) is 5.92 Å². The summed E-state index contributed by atoms with van der Waals surface area (Å²) < 4.78 is 10.6. The van der Waals surface area contributed by atoms with E-state index in [-0.39, 0.29) is 17.7 Å². The molecule has 0 fully saturated rings. The molecule has 2 N–H and O–H groups in total. The molecule has 22 heavy (non-hydrogen) atoms. The molecule has 6 heteroatoms. The van der Waals surface area contributed by atoms with Crippen LogP contribution in [-0.2, 0) is 9.59 Å². The van der Waals surface area contributed by atoms with E-state index in [1.54, 1.807) is 13.2 Å². The first kappa shape index (κ1) is 17.8. The summed E-state index contributed by atoms with van der Waals surface area (Å²) in [4.78, 5) is 23.1. The summed E-state index contributed by atoms with van der Waals surface area (Å²) in [5.41, 5.74) is 0. The second-order valence-electron chi connectivity index (χ2n) is 5.24. The zero-order valence-corrected chi connectivity index (χ0v) is 13.5. The fourth-order valence-corrected chi connectivity index (χ4v) is 1.90. The van der Waals surface area contributed by atoms with Gasteiger partial charge in [0.05, 0.1) is 13.7 Å². The van der Waals surface area contributed by atoms with Crippen LogP contribution in [0.3, 0.4) is 0 Å². The van der Waals surface area contributed by atoms with Gasteiger partial charge in [-0.05, 0) is 18.1 Å². The fraction of sp³-hybridized carbons (Fsp3) is 0.500. The van der Waals surface area contributed by atoms with Crippen LogP contribution in [0.1, 0.15) is 20.8 Å². The quantitative estimate of drug-likeness (QED) is 0.711. The SMILES string of the molecule is COc1cccc(OCCNC(=O)C(NC(C)=O)C(C)C)c1. The number of ether oxygens (including phenoxy) is 2. The first-order valence-electron chi connectivity index (χ1n) is 7.25. The van der Waals surface area contributed by atoms with Crippen molar-refractivity contribution in [1.82, 2.24) is 10.6 Å². The zero-order valence-electron chi connectivity index (χ0n) is 13.5. The molecule has 0 saturated heterocycles. The molecule has 0 aliphatic carbocycles. The van der Waals surface area contributed by atoms with Crippen LogP contribution < -0.4 is 20.1 Å². The van der Waals surface area contributed by atoms with Gasteiger partial charge in [-0.1, -0.05) is 19.9 Å². The van der Waals surface area contributed by atoms with Gasteiger partial charge >= 0.3 is 0 Å². The largest absolute Gasteiger partial charge is 0.497 e. The second kappa shape index (κ2) is 8.92. The van der Waals surface area contributed by atoms with Gasteiger partial charge in [0.2, 0.25) is 11.8 Å². The van der Waals surface area contributed by atoms with Crippen molar-refractivity contribution >= 4 is 11.8 Å². The Kier molecular flexibility index (Phi) is 7.22. The molecule has 0 radical (unpaired) electrons. The summed E-state index contributed by atoms with van der Waals surface area (Å²) in [5.74, 6) is 0.979. The minimum Gasteiger partial charge on any atom is -0.497 e. The molecule has 1 atom stereocenters. The van der Waals surface area contributed by atoms with Crippen molar-refractivity contribution in [3.8, 4) is 11.5 Å². The average molecular weight is 308 g/mol. The van der Waals surface area contributed by atoms with Gasteiger partial charge in [-0.2, -0.15) is 0 Å². The molecule has 6 nitrogen and oxygen atoms in total. The van der Waals surface area contributed by atoms with Gasteiger partial charge in [0.1, 0.15) is 24.1 Å². The highest BCUT2D eigenvalue weighted by Gasteiger charge is 2.22. The third-order valence-electron chi connectivity index (χ3n) is 3.02. The Hall–Kier alpha value is -2.24. The molecule has 0 heterocycles. The monoisotopic (exact) mass is 308 g/mol.